The van der Waals surface area contributed by atoms with Crippen LogP contribution in [0.2, 0.25) is 0 Å². The van der Waals surface area contributed by atoms with Crippen molar-refractivity contribution in [3.63, 3.8) is 0 Å². The van der Waals surface area contributed by atoms with Gasteiger partial charge in [0.15, 0.2) is 0 Å². The second-order valence-corrected chi connectivity index (χ2v) is 7.68. The summed E-state index contributed by atoms with van der Waals surface area (Å²) in [7, 11) is -3.75. The molecular formula is C18H21N3O4S. The lowest BCUT2D eigenvalue weighted by Crippen LogP contribution is -2.53. The Balaban J connectivity index is 1.74. The molecule has 2 aromatic carbocycles. The molecule has 138 valence electrons. The topological polar surface area (TPSA) is 96.5 Å². The van der Waals surface area contributed by atoms with Crippen molar-refractivity contribution in [3.05, 3.63) is 54.6 Å². The zero-order valence-corrected chi connectivity index (χ0v) is 15.1. The molecule has 0 spiro atoms. The lowest BCUT2D eigenvalue weighted by atomic mass is 10.1. The van der Waals surface area contributed by atoms with Crippen molar-refractivity contribution in [1.29, 1.82) is 0 Å². The fourth-order valence-electron chi connectivity index (χ4n) is 2.71. The highest BCUT2D eigenvalue weighted by Gasteiger charge is 2.28. The third-order valence-electron chi connectivity index (χ3n) is 4.04. The molecule has 1 saturated heterocycles. The highest BCUT2D eigenvalue weighted by molar-refractivity contribution is 7.92. The standard InChI is InChI=1S/C18H21N3O4S/c1-13-17(19-10-11-25-13)18(22)20-15-8-5-9-16(12-15)26(23,24)21-14-6-3-2-4-7-14/h2-9,12-13,17,19,21H,10-11H2,1H3,(H,20,22)/t13-,17+/m1/s1. The third kappa shape index (κ3) is 4.40. The first kappa shape index (κ1) is 18.4. The van der Waals surface area contributed by atoms with Crippen LogP contribution in [0, 0.1) is 0 Å². The Morgan fingerprint density at radius 3 is 2.58 bits per heavy atom. The quantitative estimate of drug-likeness (QED) is 0.741. The van der Waals surface area contributed by atoms with Crippen LogP contribution in [0.25, 0.3) is 0 Å². The van der Waals surface area contributed by atoms with Crippen LogP contribution >= 0.6 is 0 Å². The summed E-state index contributed by atoms with van der Waals surface area (Å²) in [6.45, 7) is 2.97. The number of ether oxygens (including phenoxy) is 1. The van der Waals surface area contributed by atoms with Crippen molar-refractivity contribution < 1.29 is 17.9 Å². The Morgan fingerprint density at radius 2 is 1.85 bits per heavy atom. The molecule has 0 aliphatic carbocycles. The van der Waals surface area contributed by atoms with E-state index in [9.17, 15) is 13.2 Å². The minimum atomic E-state index is -3.75. The van der Waals surface area contributed by atoms with Crippen LogP contribution in [0.1, 0.15) is 6.92 Å². The van der Waals surface area contributed by atoms with E-state index in [1.807, 2.05) is 6.92 Å². The smallest absolute Gasteiger partial charge is 0.261 e. The number of sulfonamides is 1. The van der Waals surface area contributed by atoms with Gasteiger partial charge >= 0.3 is 0 Å². The van der Waals surface area contributed by atoms with E-state index in [4.69, 9.17) is 4.74 Å². The predicted octanol–water partition coefficient (Wildman–Crippen LogP) is 1.80. The molecule has 1 amide bonds. The van der Waals surface area contributed by atoms with Crippen molar-refractivity contribution in [2.24, 2.45) is 0 Å². The monoisotopic (exact) mass is 375 g/mol. The maximum atomic E-state index is 12.5. The summed E-state index contributed by atoms with van der Waals surface area (Å²) in [5, 5.41) is 5.84. The summed E-state index contributed by atoms with van der Waals surface area (Å²) in [4.78, 5) is 12.5. The van der Waals surface area contributed by atoms with Crippen LogP contribution in [0.4, 0.5) is 11.4 Å². The second kappa shape index (κ2) is 7.86. The first-order valence-electron chi connectivity index (χ1n) is 8.29. The lowest BCUT2D eigenvalue weighted by Gasteiger charge is -2.29. The zero-order valence-electron chi connectivity index (χ0n) is 14.3. The summed E-state index contributed by atoms with van der Waals surface area (Å²) in [6, 6.07) is 14.3. The van der Waals surface area contributed by atoms with Gasteiger partial charge in [0.25, 0.3) is 10.0 Å². The normalized spacial score (nSPS) is 20.3. The fourth-order valence-corrected chi connectivity index (χ4v) is 3.81. The van der Waals surface area contributed by atoms with Crippen molar-refractivity contribution in [2.75, 3.05) is 23.2 Å². The highest BCUT2D eigenvalue weighted by atomic mass is 32.2. The average molecular weight is 375 g/mol. The van der Waals surface area contributed by atoms with Gasteiger partial charge in [0.1, 0.15) is 6.04 Å². The highest BCUT2D eigenvalue weighted by Crippen LogP contribution is 2.19. The molecule has 26 heavy (non-hydrogen) atoms. The molecule has 2 aromatic rings. The van der Waals surface area contributed by atoms with Crippen LogP contribution in [0.5, 0.6) is 0 Å². The Morgan fingerprint density at radius 1 is 1.12 bits per heavy atom. The van der Waals surface area contributed by atoms with Crippen molar-refractivity contribution in [2.45, 2.75) is 24.0 Å². The van der Waals surface area contributed by atoms with Gasteiger partial charge in [-0.25, -0.2) is 8.42 Å². The summed E-state index contributed by atoms with van der Waals surface area (Å²) in [6.07, 6.45) is -0.254. The predicted molar refractivity (Wildman–Crippen MR) is 99.5 cm³/mol. The number of carbonyl (C=O) groups excluding carboxylic acids is 1. The van der Waals surface area contributed by atoms with E-state index in [0.29, 0.717) is 24.5 Å². The molecule has 1 aliphatic heterocycles. The molecule has 0 unspecified atom stereocenters. The number of benzene rings is 2. The van der Waals surface area contributed by atoms with Gasteiger partial charge in [-0.2, -0.15) is 0 Å². The Bertz CT molecular complexity index is 871. The van der Waals surface area contributed by atoms with Crippen LogP contribution in [0.3, 0.4) is 0 Å². The maximum absolute atomic E-state index is 12.5. The van der Waals surface area contributed by atoms with E-state index in [1.165, 1.54) is 12.1 Å². The first-order valence-corrected chi connectivity index (χ1v) is 9.78. The number of hydrogen-bond acceptors (Lipinski definition) is 5. The van der Waals surface area contributed by atoms with Crippen molar-refractivity contribution >= 4 is 27.3 Å². The number of nitrogens with one attached hydrogen (secondary N) is 3. The van der Waals surface area contributed by atoms with E-state index in [1.54, 1.807) is 42.5 Å². The average Bonchev–Trinajstić information content (AvgIpc) is 2.63. The molecule has 1 heterocycles. The Hall–Kier alpha value is -2.42. The van der Waals surface area contributed by atoms with Gasteiger partial charge in [0, 0.05) is 17.9 Å². The van der Waals surface area contributed by atoms with Gasteiger partial charge in [0.2, 0.25) is 5.91 Å². The summed E-state index contributed by atoms with van der Waals surface area (Å²) in [5.74, 6) is -0.261. The number of amides is 1. The number of anilines is 2. The van der Waals surface area contributed by atoms with E-state index >= 15 is 0 Å². The van der Waals surface area contributed by atoms with Crippen LogP contribution in [-0.4, -0.2) is 39.6 Å². The van der Waals surface area contributed by atoms with Gasteiger partial charge in [-0.1, -0.05) is 24.3 Å². The molecule has 8 heteroatoms. The number of carbonyl (C=O) groups is 1. The van der Waals surface area contributed by atoms with Crippen molar-refractivity contribution in [3.8, 4) is 0 Å². The number of hydrogen-bond donors (Lipinski definition) is 3. The van der Waals surface area contributed by atoms with Crippen LogP contribution in [0.15, 0.2) is 59.5 Å². The fraction of sp³-hybridized carbons (Fsp3) is 0.278. The van der Waals surface area contributed by atoms with Crippen LogP contribution < -0.4 is 15.4 Å². The Labute approximate surface area is 152 Å². The van der Waals surface area contributed by atoms with E-state index in [2.05, 4.69) is 15.4 Å². The van der Waals surface area contributed by atoms with E-state index < -0.39 is 16.1 Å². The second-order valence-electron chi connectivity index (χ2n) is 6.00. The summed E-state index contributed by atoms with van der Waals surface area (Å²) in [5.41, 5.74) is 0.879. The van der Waals surface area contributed by atoms with Gasteiger partial charge in [-0.15, -0.1) is 0 Å². The molecule has 3 N–H and O–H groups in total. The molecule has 0 radical (unpaired) electrons. The van der Waals surface area contributed by atoms with Gasteiger partial charge in [-0.3, -0.25) is 9.52 Å². The number of para-hydroxylation sites is 1. The molecule has 0 bridgehead atoms. The molecule has 0 saturated carbocycles. The summed E-state index contributed by atoms with van der Waals surface area (Å²) >= 11 is 0. The summed E-state index contributed by atoms with van der Waals surface area (Å²) < 4.78 is 33.1. The van der Waals surface area contributed by atoms with Gasteiger partial charge in [0.05, 0.1) is 17.6 Å². The first-order chi connectivity index (χ1) is 12.5. The van der Waals surface area contributed by atoms with Crippen LogP contribution in [-0.2, 0) is 19.6 Å². The largest absolute Gasteiger partial charge is 0.375 e. The molecular weight excluding hydrogens is 354 g/mol. The molecule has 0 aromatic heterocycles. The Kier molecular flexibility index (Phi) is 5.55. The molecule has 1 fully saturated rings. The minimum absolute atomic E-state index is 0.0695. The van der Waals surface area contributed by atoms with E-state index in [-0.39, 0.29) is 16.9 Å². The number of rotatable bonds is 5. The molecule has 3 rings (SSSR count). The molecule has 2 atom stereocenters. The third-order valence-corrected chi connectivity index (χ3v) is 5.42. The molecule has 7 nitrogen and oxygen atoms in total. The van der Waals surface area contributed by atoms with E-state index in [0.717, 1.165) is 0 Å². The minimum Gasteiger partial charge on any atom is -0.375 e. The zero-order chi connectivity index (χ0) is 18.6. The van der Waals surface area contributed by atoms with Gasteiger partial charge in [-0.05, 0) is 37.3 Å². The van der Waals surface area contributed by atoms with Gasteiger partial charge < -0.3 is 15.4 Å². The molecule has 1 aliphatic rings. The number of morpholine rings is 1. The lowest BCUT2D eigenvalue weighted by molar-refractivity contribution is -0.123. The van der Waals surface area contributed by atoms with Crippen molar-refractivity contribution in [1.82, 2.24) is 5.32 Å². The SMILES string of the molecule is C[C@H]1OCCN[C@@H]1C(=O)Nc1cccc(S(=O)(=O)Nc2ccccc2)c1. The maximum Gasteiger partial charge on any atom is 0.261 e.